The van der Waals surface area contributed by atoms with Crippen molar-refractivity contribution in [3.63, 3.8) is 0 Å². The van der Waals surface area contributed by atoms with Crippen LogP contribution in [0.25, 0.3) is 0 Å². The molecule has 0 aromatic carbocycles. The van der Waals surface area contributed by atoms with Crippen LogP contribution in [0.5, 0.6) is 0 Å². The quantitative estimate of drug-likeness (QED) is 0.848. The van der Waals surface area contributed by atoms with Gasteiger partial charge >= 0.3 is 0 Å². The molecule has 4 heteroatoms. The maximum atomic E-state index is 12.0. The average Bonchev–Trinajstić information content (AvgIpc) is 2.66. The molecule has 3 nitrogen and oxygen atoms in total. The van der Waals surface area contributed by atoms with Gasteiger partial charge in [-0.1, -0.05) is 20.8 Å². The lowest BCUT2D eigenvalue weighted by atomic mass is 10.1. The second kappa shape index (κ2) is 6.17. The lowest BCUT2D eigenvalue weighted by Crippen LogP contribution is -2.40. The first-order valence-electron chi connectivity index (χ1n) is 6.00. The number of amides is 1. The number of rotatable bonds is 5. The van der Waals surface area contributed by atoms with E-state index in [4.69, 9.17) is 0 Å². The number of thiophene rings is 1. The monoisotopic (exact) mass is 255 g/mol. The van der Waals surface area contributed by atoms with Crippen LogP contribution in [0, 0.1) is 12.8 Å². The highest BCUT2D eigenvalue weighted by Crippen LogP contribution is 2.22. The minimum atomic E-state index is -0.171. The molecule has 1 aromatic heterocycles. The summed E-state index contributed by atoms with van der Waals surface area (Å²) in [4.78, 5) is 14.0. The van der Waals surface area contributed by atoms with Gasteiger partial charge in [-0.15, -0.1) is 11.3 Å². The zero-order valence-electron chi connectivity index (χ0n) is 10.9. The predicted octanol–water partition coefficient (Wildman–Crippen LogP) is 2.37. The van der Waals surface area contributed by atoms with Crippen LogP contribution in [-0.2, 0) is 6.42 Å². The van der Waals surface area contributed by atoms with Gasteiger partial charge < -0.3 is 10.4 Å². The maximum absolute atomic E-state index is 12.0. The highest BCUT2D eigenvalue weighted by atomic mass is 32.1. The summed E-state index contributed by atoms with van der Waals surface area (Å²) in [7, 11) is 0. The van der Waals surface area contributed by atoms with Gasteiger partial charge in [0.25, 0.3) is 5.91 Å². The Bertz CT molecular complexity index is 385. The lowest BCUT2D eigenvalue weighted by molar-refractivity contribution is 0.0901. The van der Waals surface area contributed by atoms with Gasteiger partial charge in [-0.3, -0.25) is 4.79 Å². The van der Waals surface area contributed by atoms with E-state index in [0.717, 1.165) is 11.3 Å². The molecule has 96 valence electrons. The van der Waals surface area contributed by atoms with Gasteiger partial charge in [0, 0.05) is 4.88 Å². The highest BCUT2D eigenvalue weighted by molar-refractivity contribution is 7.14. The fourth-order valence-electron chi connectivity index (χ4n) is 1.65. The summed E-state index contributed by atoms with van der Waals surface area (Å²) in [6.45, 7) is 8.06. The van der Waals surface area contributed by atoms with Crippen LogP contribution in [0.4, 0.5) is 0 Å². The Morgan fingerprint density at radius 3 is 2.59 bits per heavy atom. The molecule has 2 N–H and O–H groups in total. The molecule has 0 saturated heterocycles. The molecule has 0 unspecified atom stereocenters. The summed E-state index contributed by atoms with van der Waals surface area (Å²) < 4.78 is 0. The summed E-state index contributed by atoms with van der Waals surface area (Å²) in [5.74, 6) is 0.154. The number of hydrogen-bond donors (Lipinski definition) is 2. The van der Waals surface area contributed by atoms with E-state index in [2.05, 4.69) is 12.2 Å². The molecule has 1 amide bonds. The molecule has 0 aliphatic carbocycles. The van der Waals surface area contributed by atoms with Gasteiger partial charge in [0.1, 0.15) is 0 Å². The predicted molar refractivity (Wildman–Crippen MR) is 71.6 cm³/mol. The van der Waals surface area contributed by atoms with Gasteiger partial charge in [0.2, 0.25) is 0 Å². The first kappa shape index (κ1) is 14.2. The lowest BCUT2D eigenvalue weighted by Gasteiger charge is -2.19. The molecule has 0 aliphatic heterocycles. The van der Waals surface area contributed by atoms with Gasteiger partial charge in [0.05, 0.1) is 17.5 Å². The SMILES string of the molecule is CCc1sc(C(=O)N[C@H](CO)C(C)C)cc1C. The van der Waals surface area contributed by atoms with Gasteiger partial charge in [0.15, 0.2) is 0 Å². The topological polar surface area (TPSA) is 49.3 Å². The molecule has 0 radical (unpaired) electrons. The van der Waals surface area contributed by atoms with Gasteiger partial charge in [-0.2, -0.15) is 0 Å². The van der Waals surface area contributed by atoms with Crippen LogP contribution in [0.15, 0.2) is 6.07 Å². The van der Waals surface area contributed by atoms with Crippen molar-refractivity contribution in [2.45, 2.75) is 40.2 Å². The molecule has 0 aliphatic rings. The molecular weight excluding hydrogens is 234 g/mol. The van der Waals surface area contributed by atoms with E-state index < -0.39 is 0 Å². The van der Waals surface area contributed by atoms with E-state index in [-0.39, 0.29) is 24.5 Å². The Morgan fingerprint density at radius 2 is 2.18 bits per heavy atom. The van der Waals surface area contributed by atoms with Crippen molar-refractivity contribution >= 4 is 17.2 Å². The number of aryl methyl sites for hydroxylation is 2. The summed E-state index contributed by atoms with van der Waals surface area (Å²) >= 11 is 1.54. The standard InChI is InChI=1S/C13H21NO2S/c1-5-11-9(4)6-12(17-11)13(16)14-10(7-15)8(2)3/h6,8,10,15H,5,7H2,1-4H3,(H,14,16)/t10-/m1/s1. The van der Waals surface area contributed by atoms with E-state index in [1.54, 1.807) is 0 Å². The number of aliphatic hydroxyl groups is 1. The first-order valence-corrected chi connectivity index (χ1v) is 6.82. The molecule has 0 saturated carbocycles. The van der Waals surface area contributed by atoms with Crippen molar-refractivity contribution in [2.24, 2.45) is 5.92 Å². The van der Waals surface area contributed by atoms with Crippen LogP contribution in [0.3, 0.4) is 0 Å². The fourth-order valence-corrected chi connectivity index (χ4v) is 2.66. The van der Waals surface area contributed by atoms with Crippen molar-refractivity contribution in [3.8, 4) is 0 Å². The number of aliphatic hydroxyl groups excluding tert-OH is 1. The van der Waals surface area contributed by atoms with E-state index in [9.17, 15) is 9.90 Å². The van der Waals surface area contributed by atoms with Crippen molar-refractivity contribution in [2.75, 3.05) is 6.61 Å². The molecule has 17 heavy (non-hydrogen) atoms. The zero-order chi connectivity index (χ0) is 13.0. The van der Waals surface area contributed by atoms with E-state index in [0.29, 0.717) is 0 Å². The maximum Gasteiger partial charge on any atom is 0.261 e. The second-order valence-electron chi connectivity index (χ2n) is 4.58. The second-order valence-corrected chi connectivity index (χ2v) is 5.71. The number of nitrogens with one attached hydrogen (secondary N) is 1. The highest BCUT2D eigenvalue weighted by Gasteiger charge is 2.18. The third-order valence-corrected chi connectivity index (χ3v) is 4.26. The third-order valence-electron chi connectivity index (χ3n) is 2.88. The molecule has 1 rings (SSSR count). The Balaban J connectivity index is 2.75. The van der Waals surface area contributed by atoms with Crippen molar-refractivity contribution in [1.82, 2.24) is 5.32 Å². The molecule has 0 spiro atoms. The molecule has 0 bridgehead atoms. The molecular formula is C13H21NO2S. The number of hydrogen-bond acceptors (Lipinski definition) is 3. The number of carbonyl (C=O) groups excluding carboxylic acids is 1. The largest absolute Gasteiger partial charge is 0.394 e. The average molecular weight is 255 g/mol. The van der Waals surface area contributed by atoms with Crippen molar-refractivity contribution in [1.29, 1.82) is 0 Å². The summed E-state index contributed by atoms with van der Waals surface area (Å²) in [6.07, 6.45) is 0.956. The first-order chi connectivity index (χ1) is 7.99. The number of carbonyl (C=O) groups is 1. The van der Waals surface area contributed by atoms with Gasteiger partial charge in [-0.25, -0.2) is 0 Å². The van der Waals surface area contributed by atoms with Crippen LogP contribution < -0.4 is 5.32 Å². The van der Waals surface area contributed by atoms with Crippen molar-refractivity contribution < 1.29 is 9.90 Å². The Kier molecular flexibility index (Phi) is 5.15. The smallest absolute Gasteiger partial charge is 0.261 e. The van der Waals surface area contributed by atoms with E-state index in [1.165, 1.54) is 21.8 Å². The summed E-state index contributed by atoms with van der Waals surface area (Å²) in [6, 6.07) is 1.75. The Hall–Kier alpha value is -0.870. The normalized spacial score (nSPS) is 12.8. The molecule has 1 atom stereocenters. The Morgan fingerprint density at radius 1 is 1.53 bits per heavy atom. The molecule has 0 fully saturated rings. The van der Waals surface area contributed by atoms with Crippen molar-refractivity contribution in [3.05, 3.63) is 21.4 Å². The summed E-state index contributed by atoms with van der Waals surface area (Å²) in [5.41, 5.74) is 1.17. The summed E-state index contributed by atoms with van der Waals surface area (Å²) in [5, 5.41) is 12.1. The van der Waals surface area contributed by atoms with E-state index >= 15 is 0 Å². The Labute approximate surface area is 107 Å². The van der Waals surface area contributed by atoms with Crippen LogP contribution in [0.1, 0.15) is 40.9 Å². The van der Waals surface area contributed by atoms with Crippen LogP contribution in [0.2, 0.25) is 0 Å². The van der Waals surface area contributed by atoms with Crippen LogP contribution in [-0.4, -0.2) is 23.7 Å². The zero-order valence-corrected chi connectivity index (χ0v) is 11.7. The van der Waals surface area contributed by atoms with E-state index in [1.807, 2.05) is 26.8 Å². The van der Waals surface area contributed by atoms with Crippen LogP contribution >= 0.6 is 11.3 Å². The molecule has 1 heterocycles. The minimum absolute atomic E-state index is 0.0194. The minimum Gasteiger partial charge on any atom is -0.394 e. The molecule has 1 aromatic rings. The fraction of sp³-hybridized carbons (Fsp3) is 0.615. The van der Waals surface area contributed by atoms with Gasteiger partial charge in [-0.05, 0) is 30.9 Å². The third kappa shape index (κ3) is 3.54.